The maximum atomic E-state index is 11.6. The fourth-order valence-electron chi connectivity index (χ4n) is 4.26. The summed E-state index contributed by atoms with van der Waals surface area (Å²) in [6, 6.07) is 12.0. The summed E-state index contributed by atoms with van der Waals surface area (Å²) in [5.74, 6) is 0.748. The van der Waals surface area contributed by atoms with Gasteiger partial charge in [-0.25, -0.2) is 8.42 Å². The van der Waals surface area contributed by atoms with E-state index in [1.807, 2.05) is 12.3 Å². The molecule has 1 aromatic carbocycles. The molecule has 1 aromatic heterocycles. The molecule has 4 heterocycles. The zero-order valence-electron chi connectivity index (χ0n) is 15.2. The molecule has 138 valence electrons. The average Bonchev–Trinajstić information content (AvgIpc) is 2.65. The summed E-state index contributed by atoms with van der Waals surface area (Å²) in [4.78, 5) is 7.47. The normalized spacial score (nSPS) is 28.1. The molecule has 0 aliphatic carbocycles. The summed E-state index contributed by atoms with van der Waals surface area (Å²) >= 11 is 0. The maximum Gasteiger partial charge on any atom is 0.175 e. The Morgan fingerprint density at radius 2 is 1.77 bits per heavy atom. The van der Waals surface area contributed by atoms with Crippen molar-refractivity contribution in [2.75, 3.05) is 24.7 Å². The van der Waals surface area contributed by atoms with Gasteiger partial charge in [-0.1, -0.05) is 12.1 Å². The summed E-state index contributed by atoms with van der Waals surface area (Å²) in [5, 5.41) is 3.69. The van der Waals surface area contributed by atoms with Crippen molar-refractivity contribution in [3.63, 3.8) is 0 Å². The number of rotatable bonds is 4. The predicted octanol–water partition coefficient (Wildman–Crippen LogP) is 3.05. The molecule has 0 saturated carbocycles. The molecule has 26 heavy (non-hydrogen) atoms. The largest absolute Gasteiger partial charge is 0.379 e. The molecule has 2 bridgehead atoms. The number of nitrogens with one attached hydrogen (secondary N) is 1. The van der Waals surface area contributed by atoms with Crippen LogP contribution in [0.5, 0.6) is 0 Å². The Labute approximate surface area is 155 Å². The lowest BCUT2D eigenvalue weighted by molar-refractivity contribution is 0.0458. The topological polar surface area (TPSA) is 62.3 Å². The fourth-order valence-corrected chi connectivity index (χ4v) is 4.89. The highest BCUT2D eigenvalue weighted by Gasteiger charge is 2.39. The van der Waals surface area contributed by atoms with Gasteiger partial charge in [-0.05, 0) is 63.0 Å². The number of sulfone groups is 1. The minimum absolute atomic E-state index is 0.330. The molecule has 3 saturated heterocycles. The lowest BCUT2D eigenvalue weighted by atomic mass is 9.79. The van der Waals surface area contributed by atoms with Gasteiger partial charge < -0.3 is 5.32 Å². The Kier molecular flexibility index (Phi) is 4.49. The molecule has 2 atom stereocenters. The van der Waals surface area contributed by atoms with Crippen LogP contribution in [-0.2, 0) is 9.84 Å². The summed E-state index contributed by atoms with van der Waals surface area (Å²) in [6.07, 6.45) is 5.65. The van der Waals surface area contributed by atoms with E-state index in [2.05, 4.69) is 28.2 Å². The molecule has 5 nitrogen and oxygen atoms in total. The van der Waals surface area contributed by atoms with Crippen LogP contribution in [0.3, 0.4) is 0 Å². The SMILES string of the molecule is CC1C(Nc2ccc(-c3ccc(S(C)(=O)=O)cc3)nc2)C2CCN1CC2. The average molecular weight is 372 g/mol. The van der Waals surface area contributed by atoms with Crippen molar-refractivity contribution < 1.29 is 8.42 Å². The van der Waals surface area contributed by atoms with Crippen LogP contribution >= 0.6 is 0 Å². The highest BCUT2D eigenvalue weighted by molar-refractivity contribution is 7.90. The van der Waals surface area contributed by atoms with Crippen LogP contribution in [0.4, 0.5) is 5.69 Å². The van der Waals surface area contributed by atoms with E-state index in [0.29, 0.717) is 17.0 Å². The van der Waals surface area contributed by atoms with Crippen LogP contribution in [0.1, 0.15) is 19.8 Å². The van der Waals surface area contributed by atoms with Crippen molar-refractivity contribution in [3.05, 3.63) is 42.6 Å². The number of aromatic nitrogens is 1. The molecule has 5 rings (SSSR count). The first kappa shape index (κ1) is 17.5. The van der Waals surface area contributed by atoms with E-state index in [9.17, 15) is 8.42 Å². The molecule has 0 radical (unpaired) electrons. The first-order valence-electron chi connectivity index (χ1n) is 9.19. The molecule has 1 N–H and O–H groups in total. The van der Waals surface area contributed by atoms with Gasteiger partial charge >= 0.3 is 0 Å². The van der Waals surface area contributed by atoms with Crippen molar-refractivity contribution in [1.29, 1.82) is 0 Å². The third-order valence-corrected chi connectivity index (χ3v) is 6.98. The standard InChI is InChI=1S/C20H25N3O2S/c1-14-20(16-9-11-23(14)12-10-16)22-17-5-8-19(21-13-17)15-3-6-18(7-4-15)26(2,24)25/h3-8,13-14,16,20,22H,9-12H2,1-2H3. The maximum absolute atomic E-state index is 11.6. The molecular formula is C20H25N3O2S. The van der Waals surface area contributed by atoms with E-state index < -0.39 is 9.84 Å². The molecule has 6 heteroatoms. The second-order valence-corrected chi connectivity index (χ2v) is 9.53. The third kappa shape index (κ3) is 3.35. The highest BCUT2D eigenvalue weighted by Crippen LogP contribution is 2.34. The second-order valence-electron chi connectivity index (χ2n) is 7.51. The molecule has 3 fully saturated rings. The number of anilines is 1. The molecule has 0 amide bonds. The van der Waals surface area contributed by atoms with E-state index in [-0.39, 0.29) is 0 Å². The first-order chi connectivity index (χ1) is 12.4. The lowest BCUT2D eigenvalue weighted by Crippen LogP contribution is -2.59. The van der Waals surface area contributed by atoms with Gasteiger partial charge in [0.1, 0.15) is 0 Å². The van der Waals surface area contributed by atoms with E-state index in [4.69, 9.17) is 0 Å². The van der Waals surface area contributed by atoms with Crippen LogP contribution in [0.25, 0.3) is 11.3 Å². The summed E-state index contributed by atoms with van der Waals surface area (Å²) in [6.45, 7) is 4.77. The number of hydrogen-bond donors (Lipinski definition) is 1. The van der Waals surface area contributed by atoms with Gasteiger partial charge in [0.15, 0.2) is 9.84 Å². The second kappa shape index (κ2) is 6.67. The summed E-state index contributed by atoms with van der Waals surface area (Å²) < 4.78 is 23.1. The minimum Gasteiger partial charge on any atom is -0.379 e. The van der Waals surface area contributed by atoms with Gasteiger partial charge in [0, 0.05) is 23.9 Å². The fraction of sp³-hybridized carbons (Fsp3) is 0.450. The number of benzene rings is 1. The lowest BCUT2D eigenvalue weighted by Gasteiger charge is -2.50. The third-order valence-electron chi connectivity index (χ3n) is 5.85. The molecule has 3 aliphatic heterocycles. The number of fused-ring (bicyclic) bond motifs is 3. The zero-order valence-corrected chi connectivity index (χ0v) is 16.0. The Balaban J connectivity index is 1.48. The van der Waals surface area contributed by atoms with Crippen molar-refractivity contribution in [2.24, 2.45) is 5.92 Å². The van der Waals surface area contributed by atoms with Crippen LogP contribution < -0.4 is 5.32 Å². The first-order valence-corrected chi connectivity index (χ1v) is 11.1. The highest BCUT2D eigenvalue weighted by atomic mass is 32.2. The van der Waals surface area contributed by atoms with Crippen LogP contribution in [0.2, 0.25) is 0 Å². The predicted molar refractivity (Wildman–Crippen MR) is 104 cm³/mol. The number of pyridine rings is 1. The quantitative estimate of drug-likeness (QED) is 0.895. The van der Waals surface area contributed by atoms with Crippen molar-refractivity contribution in [3.8, 4) is 11.3 Å². The van der Waals surface area contributed by atoms with Gasteiger partial charge in [-0.3, -0.25) is 9.88 Å². The Morgan fingerprint density at radius 3 is 2.31 bits per heavy atom. The van der Waals surface area contributed by atoms with Crippen LogP contribution in [0, 0.1) is 5.92 Å². The zero-order chi connectivity index (χ0) is 18.3. The minimum atomic E-state index is -3.17. The molecule has 2 unspecified atom stereocenters. The Bertz CT molecular complexity index is 868. The number of hydrogen-bond acceptors (Lipinski definition) is 5. The van der Waals surface area contributed by atoms with E-state index in [1.165, 1.54) is 32.2 Å². The van der Waals surface area contributed by atoms with E-state index in [0.717, 1.165) is 22.9 Å². The van der Waals surface area contributed by atoms with Gasteiger partial charge in [-0.2, -0.15) is 0 Å². The summed E-state index contributed by atoms with van der Waals surface area (Å²) in [7, 11) is -3.17. The van der Waals surface area contributed by atoms with Crippen molar-refractivity contribution in [1.82, 2.24) is 9.88 Å². The smallest absolute Gasteiger partial charge is 0.175 e. The van der Waals surface area contributed by atoms with Crippen LogP contribution in [0.15, 0.2) is 47.5 Å². The van der Waals surface area contributed by atoms with E-state index in [1.54, 1.807) is 24.3 Å². The Morgan fingerprint density at radius 1 is 1.08 bits per heavy atom. The van der Waals surface area contributed by atoms with Gasteiger partial charge in [-0.15, -0.1) is 0 Å². The molecule has 2 aromatic rings. The van der Waals surface area contributed by atoms with E-state index >= 15 is 0 Å². The molecular weight excluding hydrogens is 346 g/mol. The molecule has 3 aliphatic rings. The summed E-state index contributed by atoms with van der Waals surface area (Å²) in [5.41, 5.74) is 2.81. The van der Waals surface area contributed by atoms with Crippen molar-refractivity contribution in [2.45, 2.75) is 36.7 Å². The number of piperidine rings is 3. The monoisotopic (exact) mass is 371 g/mol. The van der Waals surface area contributed by atoms with Crippen molar-refractivity contribution >= 4 is 15.5 Å². The number of nitrogens with zero attached hydrogens (tertiary/aromatic N) is 2. The Hall–Kier alpha value is -1.92. The van der Waals surface area contributed by atoms with Gasteiger partial charge in [0.05, 0.1) is 22.5 Å². The van der Waals surface area contributed by atoms with Gasteiger partial charge in [0.2, 0.25) is 0 Å². The molecule has 0 spiro atoms. The van der Waals surface area contributed by atoms with Crippen LogP contribution in [-0.4, -0.2) is 49.7 Å². The van der Waals surface area contributed by atoms with Gasteiger partial charge in [0.25, 0.3) is 0 Å².